The van der Waals surface area contributed by atoms with Gasteiger partial charge in [0.05, 0.1) is 6.54 Å². The molecule has 0 radical (unpaired) electrons. The molecule has 1 unspecified atom stereocenters. The molecule has 0 bridgehead atoms. The van der Waals surface area contributed by atoms with Crippen LogP contribution in [0, 0.1) is 0 Å². The minimum absolute atomic E-state index is 0.625. The number of nitrogens with one attached hydrogen (secondary N) is 1. The van der Waals surface area contributed by atoms with Crippen LogP contribution in [0.15, 0.2) is 12.4 Å². The monoisotopic (exact) mass is 208 g/mol. The van der Waals surface area contributed by atoms with Gasteiger partial charge in [-0.05, 0) is 26.4 Å². The Hall–Kier alpha value is -0.870. The lowest BCUT2D eigenvalue weighted by Gasteiger charge is -2.30. The molecule has 0 saturated carbocycles. The highest BCUT2D eigenvalue weighted by atomic mass is 15.1. The minimum Gasteiger partial charge on any atom is -0.337 e. The van der Waals surface area contributed by atoms with Gasteiger partial charge in [0.15, 0.2) is 0 Å². The molecule has 0 aromatic carbocycles. The summed E-state index contributed by atoms with van der Waals surface area (Å²) < 4.78 is 2.07. The first-order valence-electron chi connectivity index (χ1n) is 5.64. The van der Waals surface area contributed by atoms with Crippen molar-refractivity contribution in [2.24, 2.45) is 7.05 Å². The van der Waals surface area contributed by atoms with Gasteiger partial charge in [-0.3, -0.25) is 0 Å². The molecule has 0 amide bonds. The van der Waals surface area contributed by atoms with E-state index in [1.165, 1.54) is 19.4 Å². The Balaban J connectivity index is 1.80. The van der Waals surface area contributed by atoms with Crippen LogP contribution in [-0.4, -0.2) is 40.6 Å². The zero-order chi connectivity index (χ0) is 10.7. The zero-order valence-electron chi connectivity index (χ0n) is 9.61. The van der Waals surface area contributed by atoms with E-state index in [4.69, 9.17) is 0 Å². The summed E-state index contributed by atoms with van der Waals surface area (Å²) >= 11 is 0. The topological polar surface area (TPSA) is 33.1 Å². The van der Waals surface area contributed by atoms with E-state index in [2.05, 4.69) is 26.8 Å². The number of imidazole rings is 1. The molecule has 1 atom stereocenters. The van der Waals surface area contributed by atoms with Gasteiger partial charge in [-0.1, -0.05) is 0 Å². The van der Waals surface area contributed by atoms with Crippen molar-refractivity contribution in [2.75, 3.05) is 20.1 Å². The molecule has 1 N–H and O–H groups in total. The van der Waals surface area contributed by atoms with Crippen LogP contribution in [0.4, 0.5) is 0 Å². The lowest BCUT2D eigenvalue weighted by molar-refractivity contribution is 0.225. The van der Waals surface area contributed by atoms with Gasteiger partial charge in [0.2, 0.25) is 0 Å². The Morgan fingerprint density at radius 3 is 3.07 bits per heavy atom. The summed E-state index contributed by atoms with van der Waals surface area (Å²) in [6.45, 7) is 3.27. The van der Waals surface area contributed by atoms with Gasteiger partial charge in [-0.15, -0.1) is 0 Å². The first kappa shape index (κ1) is 10.6. The third kappa shape index (κ3) is 2.79. The fourth-order valence-corrected chi connectivity index (χ4v) is 2.14. The van der Waals surface area contributed by atoms with Crippen LogP contribution in [0.5, 0.6) is 0 Å². The van der Waals surface area contributed by atoms with Crippen LogP contribution in [0.2, 0.25) is 0 Å². The smallest absolute Gasteiger partial charge is 0.122 e. The number of likely N-dealkylation sites (tertiary alicyclic amines) is 1. The van der Waals surface area contributed by atoms with Crippen molar-refractivity contribution in [3.63, 3.8) is 0 Å². The number of piperidine rings is 1. The standard InChI is InChI=1S/C11H20N4/c1-14-6-3-4-10(9-14)13-8-11-12-5-7-15(11)2/h5,7,10,13H,3-4,6,8-9H2,1-2H3. The molecule has 0 aliphatic carbocycles. The van der Waals surface area contributed by atoms with Crippen LogP contribution in [0.1, 0.15) is 18.7 Å². The lowest BCUT2D eigenvalue weighted by Crippen LogP contribution is -2.43. The lowest BCUT2D eigenvalue weighted by atomic mass is 10.1. The average molecular weight is 208 g/mol. The van der Waals surface area contributed by atoms with Crippen LogP contribution in [0.3, 0.4) is 0 Å². The fourth-order valence-electron chi connectivity index (χ4n) is 2.14. The second-order valence-electron chi connectivity index (χ2n) is 4.44. The van der Waals surface area contributed by atoms with E-state index in [0.717, 1.165) is 18.9 Å². The Bertz CT molecular complexity index is 307. The summed E-state index contributed by atoms with van der Waals surface area (Å²) in [5.74, 6) is 1.11. The Morgan fingerprint density at radius 1 is 1.53 bits per heavy atom. The molecule has 2 heterocycles. The van der Waals surface area contributed by atoms with Gasteiger partial charge in [0, 0.05) is 32.0 Å². The molecule has 1 aliphatic rings. The number of aromatic nitrogens is 2. The maximum Gasteiger partial charge on any atom is 0.122 e. The molecule has 2 rings (SSSR count). The third-order valence-corrected chi connectivity index (χ3v) is 3.09. The van der Waals surface area contributed by atoms with Crippen molar-refractivity contribution in [3.8, 4) is 0 Å². The highest BCUT2D eigenvalue weighted by Crippen LogP contribution is 2.08. The summed E-state index contributed by atoms with van der Waals surface area (Å²) in [7, 11) is 4.23. The molecular weight excluding hydrogens is 188 g/mol. The number of hydrogen-bond acceptors (Lipinski definition) is 3. The zero-order valence-corrected chi connectivity index (χ0v) is 9.61. The molecule has 1 aromatic rings. The molecular formula is C11H20N4. The van der Waals surface area contributed by atoms with Gasteiger partial charge in [-0.25, -0.2) is 4.98 Å². The number of nitrogens with zero attached hydrogens (tertiary/aromatic N) is 3. The van der Waals surface area contributed by atoms with E-state index in [1.54, 1.807) is 0 Å². The summed E-state index contributed by atoms with van der Waals surface area (Å²) in [5, 5.41) is 3.57. The number of aryl methyl sites for hydroxylation is 1. The number of hydrogen-bond donors (Lipinski definition) is 1. The van der Waals surface area contributed by atoms with Gasteiger partial charge in [0.1, 0.15) is 5.82 Å². The largest absolute Gasteiger partial charge is 0.337 e. The summed E-state index contributed by atoms with van der Waals surface area (Å²) in [5.41, 5.74) is 0. The van der Waals surface area contributed by atoms with Gasteiger partial charge >= 0.3 is 0 Å². The number of rotatable bonds is 3. The molecule has 1 aliphatic heterocycles. The van der Waals surface area contributed by atoms with Crippen LogP contribution < -0.4 is 5.32 Å². The van der Waals surface area contributed by atoms with E-state index in [-0.39, 0.29) is 0 Å². The highest BCUT2D eigenvalue weighted by molar-refractivity contribution is 4.91. The van der Waals surface area contributed by atoms with E-state index in [0.29, 0.717) is 6.04 Å². The van der Waals surface area contributed by atoms with Gasteiger partial charge in [-0.2, -0.15) is 0 Å². The van der Waals surface area contributed by atoms with Crippen molar-refractivity contribution >= 4 is 0 Å². The molecule has 4 heteroatoms. The summed E-state index contributed by atoms with van der Waals surface area (Å²) in [6.07, 6.45) is 6.43. The molecule has 0 spiro atoms. The minimum atomic E-state index is 0.625. The average Bonchev–Trinajstić information content (AvgIpc) is 2.61. The Kier molecular flexibility index (Phi) is 3.38. The Labute approximate surface area is 91.3 Å². The maximum atomic E-state index is 4.31. The molecule has 1 fully saturated rings. The molecule has 1 aromatic heterocycles. The quantitative estimate of drug-likeness (QED) is 0.790. The van der Waals surface area contributed by atoms with Crippen molar-refractivity contribution in [2.45, 2.75) is 25.4 Å². The predicted molar refractivity (Wildman–Crippen MR) is 60.6 cm³/mol. The van der Waals surface area contributed by atoms with Gasteiger partial charge < -0.3 is 14.8 Å². The van der Waals surface area contributed by atoms with Crippen LogP contribution in [0.25, 0.3) is 0 Å². The predicted octanol–water partition coefficient (Wildman–Crippen LogP) is 0.604. The molecule has 1 saturated heterocycles. The van der Waals surface area contributed by atoms with E-state index < -0.39 is 0 Å². The summed E-state index contributed by atoms with van der Waals surface area (Å²) in [6, 6.07) is 0.625. The van der Waals surface area contributed by atoms with E-state index in [9.17, 15) is 0 Å². The molecule has 4 nitrogen and oxygen atoms in total. The van der Waals surface area contributed by atoms with Crippen molar-refractivity contribution < 1.29 is 0 Å². The first-order chi connectivity index (χ1) is 7.25. The molecule has 15 heavy (non-hydrogen) atoms. The molecule has 84 valence electrons. The Morgan fingerprint density at radius 2 is 2.40 bits per heavy atom. The summed E-state index contributed by atoms with van der Waals surface area (Å²) in [4.78, 5) is 6.69. The highest BCUT2D eigenvalue weighted by Gasteiger charge is 2.16. The van der Waals surface area contributed by atoms with Crippen molar-refractivity contribution in [1.29, 1.82) is 0 Å². The van der Waals surface area contributed by atoms with E-state index in [1.807, 2.05) is 19.4 Å². The van der Waals surface area contributed by atoms with Crippen LogP contribution in [-0.2, 0) is 13.6 Å². The van der Waals surface area contributed by atoms with Crippen molar-refractivity contribution in [3.05, 3.63) is 18.2 Å². The first-order valence-corrected chi connectivity index (χ1v) is 5.64. The van der Waals surface area contributed by atoms with Crippen molar-refractivity contribution in [1.82, 2.24) is 19.8 Å². The third-order valence-electron chi connectivity index (χ3n) is 3.09. The number of likely N-dealkylation sites (N-methyl/N-ethyl adjacent to an activating group) is 1. The fraction of sp³-hybridized carbons (Fsp3) is 0.727. The SMILES string of the molecule is CN1CCCC(NCc2nccn2C)C1. The second-order valence-corrected chi connectivity index (χ2v) is 4.44. The van der Waals surface area contributed by atoms with E-state index >= 15 is 0 Å². The normalized spacial score (nSPS) is 23.2. The van der Waals surface area contributed by atoms with Crippen LogP contribution >= 0.6 is 0 Å². The maximum absolute atomic E-state index is 4.31. The van der Waals surface area contributed by atoms with Gasteiger partial charge in [0.25, 0.3) is 0 Å². The second kappa shape index (κ2) is 4.77.